The number of hydrogen-bond acceptors (Lipinski definition) is 2. The summed E-state index contributed by atoms with van der Waals surface area (Å²) < 4.78 is 8.29. The van der Waals surface area contributed by atoms with Crippen LogP contribution in [0.1, 0.15) is 11.1 Å². The normalized spacial score (nSPS) is 14.6. The third-order valence-electron chi connectivity index (χ3n) is 6.63. The minimum atomic E-state index is -2.94. The van der Waals surface area contributed by atoms with Gasteiger partial charge in [-0.1, -0.05) is 140 Å². The van der Waals surface area contributed by atoms with Crippen molar-refractivity contribution in [2.24, 2.45) is 4.66 Å². The monoisotopic (exact) mass is 478 g/mol. The van der Waals surface area contributed by atoms with Crippen molar-refractivity contribution in [3.05, 3.63) is 169 Å². The van der Waals surface area contributed by atoms with Crippen LogP contribution in [0.25, 0.3) is 5.70 Å². The van der Waals surface area contributed by atoms with Gasteiger partial charge in [0, 0.05) is 11.4 Å². The predicted molar refractivity (Wildman–Crippen MR) is 154 cm³/mol. The largest absolute Gasteiger partial charge is 0.354 e. The van der Waals surface area contributed by atoms with Crippen LogP contribution in [-0.4, -0.2) is 14.1 Å². The third kappa shape index (κ3) is 3.90. The van der Waals surface area contributed by atoms with Gasteiger partial charge < -0.3 is 4.57 Å². The molecule has 0 aliphatic carbocycles. The Morgan fingerprint density at radius 3 is 1.36 bits per heavy atom. The Kier molecular flexibility index (Phi) is 5.90. The molecule has 1 aliphatic heterocycles. The summed E-state index contributed by atoms with van der Waals surface area (Å²) in [5, 5.41) is 2.49. The van der Waals surface area contributed by atoms with Gasteiger partial charge in [0.15, 0.2) is 0 Å². The molecule has 0 aromatic heterocycles. The van der Waals surface area contributed by atoms with E-state index in [9.17, 15) is 0 Å². The lowest BCUT2D eigenvalue weighted by Crippen LogP contribution is -2.70. The van der Waals surface area contributed by atoms with Crippen molar-refractivity contribution in [2.75, 3.05) is 4.57 Å². The standard InChI is InChI=1S/C33H26N2Si/c1-6-16-27(17-7-1)32-26-33(28-18-8-2-9-19-28)35(29-20-10-3-11-21-29)36(34-32,30-22-12-4-13-23-30)31-24-14-5-15-25-31/h1-26H. The molecule has 0 saturated carbocycles. The van der Waals surface area contributed by atoms with E-state index in [1.165, 1.54) is 15.9 Å². The maximum absolute atomic E-state index is 5.76. The van der Waals surface area contributed by atoms with Crippen molar-refractivity contribution < 1.29 is 0 Å². The second-order valence-electron chi connectivity index (χ2n) is 8.83. The fourth-order valence-corrected chi connectivity index (χ4v) is 9.13. The third-order valence-corrected chi connectivity index (χ3v) is 10.6. The molecule has 0 amide bonds. The molecule has 36 heavy (non-hydrogen) atoms. The van der Waals surface area contributed by atoms with Crippen LogP contribution in [0.4, 0.5) is 5.69 Å². The number of rotatable bonds is 5. The van der Waals surface area contributed by atoms with Gasteiger partial charge in [-0.15, -0.1) is 0 Å². The quantitative estimate of drug-likeness (QED) is 0.271. The number of benzene rings is 5. The number of allylic oxidation sites excluding steroid dienone is 1. The molecule has 172 valence electrons. The summed E-state index contributed by atoms with van der Waals surface area (Å²) in [6.07, 6.45) is 2.26. The molecule has 6 rings (SSSR count). The first-order chi connectivity index (χ1) is 17.9. The average Bonchev–Trinajstić information content (AvgIpc) is 2.98. The summed E-state index contributed by atoms with van der Waals surface area (Å²) >= 11 is 0. The van der Waals surface area contributed by atoms with E-state index in [1.807, 2.05) is 0 Å². The van der Waals surface area contributed by atoms with Crippen LogP contribution in [0.3, 0.4) is 0 Å². The van der Waals surface area contributed by atoms with E-state index >= 15 is 0 Å². The molecule has 0 saturated heterocycles. The second kappa shape index (κ2) is 9.65. The van der Waals surface area contributed by atoms with E-state index in [4.69, 9.17) is 4.66 Å². The Hall–Kier alpha value is -4.47. The average molecular weight is 479 g/mol. The van der Waals surface area contributed by atoms with Crippen LogP contribution in [0.2, 0.25) is 0 Å². The molecule has 5 aromatic rings. The summed E-state index contributed by atoms with van der Waals surface area (Å²) in [6.45, 7) is 0. The molecule has 0 unspecified atom stereocenters. The summed E-state index contributed by atoms with van der Waals surface area (Å²) in [6, 6.07) is 53.6. The minimum absolute atomic E-state index is 1.01. The van der Waals surface area contributed by atoms with Gasteiger partial charge in [0.05, 0.1) is 5.71 Å². The molecule has 0 bridgehead atoms. The van der Waals surface area contributed by atoms with Crippen molar-refractivity contribution in [2.45, 2.75) is 0 Å². The molecule has 0 N–H and O–H groups in total. The molecular weight excluding hydrogens is 452 g/mol. The SMILES string of the molecule is C1=C(c2ccccc2)N(c2ccccc2)[Si](c2ccccc2)(c2ccccc2)N=C1c1ccccc1. The van der Waals surface area contributed by atoms with Crippen molar-refractivity contribution in [3.8, 4) is 0 Å². The van der Waals surface area contributed by atoms with Crippen LogP contribution < -0.4 is 14.9 Å². The van der Waals surface area contributed by atoms with Crippen LogP contribution in [0.5, 0.6) is 0 Å². The van der Waals surface area contributed by atoms with Gasteiger partial charge in [0.25, 0.3) is 0 Å². The van der Waals surface area contributed by atoms with Crippen LogP contribution >= 0.6 is 0 Å². The summed E-state index contributed by atoms with van der Waals surface area (Å²) in [5.41, 5.74) is 5.62. The highest BCUT2D eigenvalue weighted by atomic mass is 28.3. The van der Waals surface area contributed by atoms with E-state index in [0.717, 1.165) is 22.7 Å². The van der Waals surface area contributed by atoms with E-state index in [2.05, 4.69) is 162 Å². The summed E-state index contributed by atoms with van der Waals surface area (Å²) in [4.78, 5) is 0. The van der Waals surface area contributed by atoms with Crippen molar-refractivity contribution in [3.63, 3.8) is 0 Å². The zero-order valence-corrected chi connectivity index (χ0v) is 20.9. The van der Waals surface area contributed by atoms with E-state index in [1.54, 1.807) is 0 Å². The Bertz CT molecular complexity index is 1460. The fourth-order valence-electron chi connectivity index (χ4n) is 5.00. The highest BCUT2D eigenvalue weighted by molar-refractivity contribution is 7.05. The van der Waals surface area contributed by atoms with Gasteiger partial charge in [-0.2, -0.15) is 0 Å². The van der Waals surface area contributed by atoms with Gasteiger partial charge in [0.1, 0.15) is 0 Å². The lowest BCUT2D eigenvalue weighted by Gasteiger charge is -2.45. The fraction of sp³-hybridized carbons (Fsp3) is 0. The highest BCUT2D eigenvalue weighted by Gasteiger charge is 2.49. The number of nitrogens with zero attached hydrogens (tertiary/aromatic N) is 2. The van der Waals surface area contributed by atoms with Gasteiger partial charge >= 0.3 is 8.40 Å². The molecule has 0 spiro atoms. The van der Waals surface area contributed by atoms with E-state index in [-0.39, 0.29) is 0 Å². The first-order valence-electron chi connectivity index (χ1n) is 12.2. The molecule has 0 radical (unpaired) electrons. The molecule has 1 aliphatic rings. The zero-order chi connectivity index (χ0) is 24.2. The molecular formula is C33H26N2Si. The van der Waals surface area contributed by atoms with Crippen LogP contribution in [-0.2, 0) is 0 Å². The second-order valence-corrected chi connectivity index (χ2v) is 12.0. The Labute approximate surface area is 213 Å². The lowest BCUT2D eigenvalue weighted by molar-refractivity contribution is 1.31. The molecule has 0 atom stereocenters. The topological polar surface area (TPSA) is 15.6 Å². The smallest absolute Gasteiger partial charge is 0.342 e. The van der Waals surface area contributed by atoms with E-state index in [0.29, 0.717) is 0 Å². The van der Waals surface area contributed by atoms with Gasteiger partial charge in [-0.25, -0.2) is 0 Å². The number of anilines is 1. The molecule has 0 fully saturated rings. The van der Waals surface area contributed by atoms with Crippen molar-refractivity contribution >= 4 is 35.9 Å². The summed E-state index contributed by atoms with van der Waals surface area (Å²) in [7, 11) is -2.94. The van der Waals surface area contributed by atoms with Gasteiger partial charge in [-0.3, -0.25) is 4.66 Å². The predicted octanol–water partition coefficient (Wildman–Crippen LogP) is 6.29. The Morgan fingerprint density at radius 2 is 0.861 bits per heavy atom. The highest BCUT2D eigenvalue weighted by Crippen LogP contribution is 2.36. The zero-order valence-electron chi connectivity index (χ0n) is 19.9. The molecule has 5 aromatic carbocycles. The molecule has 1 heterocycles. The first-order valence-corrected chi connectivity index (χ1v) is 14.1. The molecule has 3 heteroatoms. The van der Waals surface area contributed by atoms with Crippen molar-refractivity contribution in [1.29, 1.82) is 0 Å². The molecule has 2 nitrogen and oxygen atoms in total. The number of para-hydroxylation sites is 1. The van der Waals surface area contributed by atoms with E-state index < -0.39 is 8.40 Å². The van der Waals surface area contributed by atoms with Gasteiger partial charge in [-0.05, 0) is 39.7 Å². The van der Waals surface area contributed by atoms with Crippen LogP contribution in [0, 0.1) is 0 Å². The van der Waals surface area contributed by atoms with Crippen LogP contribution in [0.15, 0.2) is 162 Å². The maximum Gasteiger partial charge on any atom is 0.354 e. The number of hydrogen-bond donors (Lipinski definition) is 0. The maximum atomic E-state index is 5.76. The lowest BCUT2D eigenvalue weighted by atomic mass is 10.1. The van der Waals surface area contributed by atoms with Gasteiger partial charge in [0.2, 0.25) is 0 Å². The minimum Gasteiger partial charge on any atom is -0.342 e. The Morgan fingerprint density at radius 1 is 0.444 bits per heavy atom. The Balaban J connectivity index is 1.74. The first kappa shape index (κ1) is 22.0. The van der Waals surface area contributed by atoms with Crippen molar-refractivity contribution in [1.82, 2.24) is 0 Å². The summed E-state index contributed by atoms with van der Waals surface area (Å²) in [5.74, 6) is 0.